The predicted octanol–water partition coefficient (Wildman–Crippen LogP) is 3.68. The van der Waals surface area contributed by atoms with Gasteiger partial charge in [-0.1, -0.05) is 30.3 Å². The Morgan fingerprint density at radius 3 is 2.81 bits per heavy atom. The van der Waals surface area contributed by atoms with Crippen LogP contribution in [0.1, 0.15) is 29.5 Å². The number of guanidine groups is 1. The third-order valence-corrected chi connectivity index (χ3v) is 4.75. The van der Waals surface area contributed by atoms with Gasteiger partial charge in [0.05, 0.1) is 18.4 Å². The molecule has 0 atom stereocenters. The van der Waals surface area contributed by atoms with Crippen molar-refractivity contribution in [1.29, 1.82) is 0 Å². The van der Waals surface area contributed by atoms with Crippen molar-refractivity contribution < 1.29 is 0 Å². The molecule has 0 aliphatic heterocycles. The molecule has 26 heavy (non-hydrogen) atoms. The first-order valence-corrected chi connectivity index (χ1v) is 9.06. The van der Waals surface area contributed by atoms with E-state index in [1.54, 1.807) is 0 Å². The van der Waals surface area contributed by atoms with Gasteiger partial charge in [-0.3, -0.25) is 0 Å². The molecule has 0 radical (unpaired) electrons. The number of nitrogens with one attached hydrogen (secondary N) is 1. The summed E-state index contributed by atoms with van der Waals surface area (Å²) in [5.41, 5.74) is 12.1. The van der Waals surface area contributed by atoms with Gasteiger partial charge in [-0.2, -0.15) is 5.10 Å². The number of benzene rings is 2. The van der Waals surface area contributed by atoms with Crippen molar-refractivity contribution in [3.63, 3.8) is 0 Å². The summed E-state index contributed by atoms with van der Waals surface area (Å²) in [6, 6.07) is 16.4. The van der Waals surface area contributed by atoms with E-state index in [2.05, 4.69) is 33.6 Å². The van der Waals surface area contributed by atoms with E-state index in [1.807, 2.05) is 47.4 Å². The molecule has 0 bridgehead atoms. The Morgan fingerprint density at radius 2 is 1.92 bits per heavy atom. The Labute approximate surface area is 153 Å². The van der Waals surface area contributed by atoms with Crippen molar-refractivity contribution >= 4 is 11.6 Å². The van der Waals surface area contributed by atoms with Gasteiger partial charge in [-0.25, -0.2) is 9.67 Å². The maximum absolute atomic E-state index is 6.12. The second-order valence-electron chi connectivity index (χ2n) is 6.61. The molecule has 3 N–H and O–H groups in total. The third kappa shape index (κ3) is 3.61. The lowest BCUT2D eigenvalue weighted by molar-refractivity contribution is 0.687. The van der Waals surface area contributed by atoms with Crippen molar-refractivity contribution in [3.05, 3.63) is 77.6 Å². The molecular formula is C21H23N5. The minimum absolute atomic E-state index is 0.441. The summed E-state index contributed by atoms with van der Waals surface area (Å²) in [7, 11) is 0. The summed E-state index contributed by atoms with van der Waals surface area (Å²) in [6.45, 7) is 0.501. The monoisotopic (exact) mass is 345 g/mol. The summed E-state index contributed by atoms with van der Waals surface area (Å²) >= 11 is 0. The molecule has 5 heteroatoms. The molecule has 1 aliphatic carbocycles. The summed E-state index contributed by atoms with van der Waals surface area (Å²) in [6.07, 6.45) is 8.58. The fraction of sp³-hybridized carbons (Fsp3) is 0.238. The highest BCUT2D eigenvalue weighted by Gasteiger charge is 2.13. The van der Waals surface area contributed by atoms with Crippen LogP contribution < -0.4 is 11.1 Å². The smallest absolute Gasteiger partial charge is 0.193 e. The Morgan fingerprint density at radius 1 is 1.08 bits per heavy atom. The Balaban J connectivity index is 1.44. The fourth-order valence-corrected chi connectivity index (χ4v) is 3.42. The number of aliphatic imine (C=N–C) groups is 1. The molecule has 0 spiro atoms. The van der Waals surface area contributed by atoms with E-state index in [0.717, 1.165) is 29.8 Å². The van der Waals surface area contributed by atoms with Gasteiger partial charge < -0.3 is 11.1 Å². The summed E-state index contributed by atoms with van der Waals surface area (Å²) in [4.78, 5) is 4.48. The maximum Gasteiger partial charge on any atom is 0.193 e. The van der Waals surface area contributed by atoms with Gasteiger partial charge in [0.2, 0.25) is 0 Å². The van der Waals surface area contributed by atoms with Crippen LogP contribution in [0.5, 0.6) is 0 Å². The van der Waals surface area contributed by atoms with E-state index in [-0.39, 0.29) is 0 Å². The molecule has 1 heterocycles. The standard InChI is InChI=1S/C21H23N5/c22-21(25-20-12-6-8-17-7-4-5-11-19(17)20)23-13-16-14-24-26(15-16)18-9-2-1-3-10-18/h1-3,6,8-10,12,14-15H,4-5,7,11,13H2,(H3,22,23,25). The zero-order valence-electron chi connectivity index (χ0n) is 14.7. The van der Waals surface area contributed by atoms with E-state index in [0.29, 0.717) is 12.5 Å². The number of aryl methyl sites for hydroxylation is 1. The Kier molecular flexibility index (Phi) is 4.69. The molecule has 3 aromatic rings. The van der Waals surface area contributed by atoms with E-state index in [4.69, 9.17) is 5.73 Å². The minimum Gasteiger partial charge on any atom is -0.370 e. The molecule has 0 saturated carbocycles. The van der Waals surface area contributed by atoms with Crippen molar-refractivity contribution in [2.45, 2.75) is 32.2 Å². The van der Waals surface area contributed by atoms with Gasteiger partial charge in [0.15, 0.2) is 5.96 Å². The first kappa shape index (κ1) is 16.4. The van der Waals surface area contributed by atoms with E-state index >= 15 is 0 Å². The maximum atomic E-state index is 6.12. The van der Waals surface area contributed by atoms with Gasteiger partial charge in [0.1, 0.15) is 0 Å². The van der Waals surface area contributed by atoms with Crippen molar-refractivity contribution in [1.82, 2.24) is 9.78 Å². The minimum atomic E-state index is 0.441. The number of fused-ring (bicyclic) bond motifs is 1. The van der Waals surface area contributed by atoms with Crippen LogP contribution in [0.25, 0.3) is 5.69 Å². The second kappa shape index (κ2) is 7.44. The number of nitrogens with zero attached hydrogens (tertiary/aromatic N) is 3. The molecular weight excluding hydrogens is 322 g/mol. The fourth-order valence-electron chi connectivity index (χ4n) is 3.42. The quantitative estimate of drug-likeness (QED) is 0.560. The molecule has 0 amide bonds. The highest BCUT2D eigenvalue weighted by atomic mass is 15.3. The van der Waals surface area contributed by atoms with Crippen LogP contribution in [0.3, 0.4) is 0 Å². The first-order chi connectivity index (χ1) is 12.8. The van der Waals surface area contributed by atoms with Crippen LogP contribution in [0, 0.1) is 0 Å². The number of para-hydroxylation sites is 1. The largest absolute Gasteiger partial charge is 0.370 e. The zero-order valence-corrected chi connectivity index (χ0v) is 14.7. The SMILES string of the molecule is NC(=NCc1cnn(-c2ccccc2)c1)Nc1cccc2c1CCCC2. The van der Waals surface area contributed by atoms with Crippen LogP contribution in [0.2, 0.25) is 0 Å². The normalized spacial score (nSPS) is 14.1. The Bertz CT molecular complexity index is 911. The van der Waals surface area contributed by atoms with Crippen LogP contribution in [-0.2, 0) is 19.4 Å². The van der Waals surface area contributed by atoms with E-state index < -0.39 is 0 Å². The lowest BCUT2D eigenvalue weighted by Gasteiger charge is -2.19. The van der Waals surface area contributed by atoms with Gasteiger partial charge in [-0.15, -0.1) is 0 Å². The summed E-state index contributed by atoms with van der Waals surface area (Å²) in [5.74, 6) is 0.441. The molecule has 0 unspecified atom stereocenters. The zero-order chi connectivity index (χ0) is 17.8. The van der Waals surface area contributed by atoms with Crippen LogP contribution in [0.15, 0.2) is 65.9 Å². The summed E-state index contributed by atoms with van der Waals surface area (Å²) < 4.78 is 1.85. The highest BCUT2D eigenvalue weighted by Crippen LogP contribution is 2.27. The number of rotatable bonds is 4. The number of hydrogen-bond donors (Lipinski definition) is 2. The molecule has 2 aromatic carbocycles. The molecule has 1 aromatic heterocycles. The summed E-state index contributed by atoms with van der Waals surface area (Å²) in [5, 5.41) is 7.67. The van der Waals surface area contributed by atoms with Crippen LogP contribution >= 0.6 is 0 Å². The van der Waals surface area contributed by atoms with Crippen molar-refractivity contribution in [3.8, 4) is 5.69 Å². The van der Waals surface area contributed by atoms with Crippen LogP contribution in [-0.4, -0.2) is 15.7 Å². The molecule has 1 aliphatic rings. The lowest BCUT2D eigenvalue weighted by Crippen LogP contribution is -2.24. The number of hydrogen-bond acceptors (Lipinski definition) is 2. The average Bonchev–Trinajstić information content (AvgIpc) is 3.17. The lowest BCUT2D eigenvalue weighted by atomic mass is 9.90. The molecule has 5 nitrogen and oxygen atoms in total. The van der Waals surface area contributed by atoms with E-state index in [1.165, 1.54) is 24.0 Å². The average molecular weight is 345 g/mol. The van der Waals surface area contributed by atoms with Crippen molar-refractivity contribution in [2.24, 2.45) is 10.7 Å². The number of nitrogens with two attached hydrogens (primary N) is 1. The van der Waals surface area contributed by atoms with Gasteiger partial charge in [0, 0.05) is 17.4 Å². The van der Waals surface area contributed by atoms with Crippen LogP contribution in [0.4, 0.5) is 5.69 Å². The predicted molar refractivity (Wildman–Crippen MR) is 106 cm³/mol. The topological polar surface area (TPSA) is 68.2 Å². The van der Waals surface area contributed by atoms with Gasteiger partial charge >= 0.3 is 0 Å². The first-order valence-electron chi connectivity index (χ1n) is 9.06. The van der Waals surface area contributed by atoms with Gasteiger partial charge in [-0.05, 0) is 55.0 Å². The van der Waals surface area contributed by atoms with E-state index in [9.17, 15) is 0 Å². The number of aromatic nitrogens is 2. The third-order valence-electron chi connectivity index (χ3n) is 4.75. The molecule has 132 valence electrons. The van der Waals surface area contributed by atoms with Gasteiger partial charge in [0.25, 0.3) is 0 Å². The second-order valence-corrected chi connectivity index (χ2v) is 6.61. The Hall–Kier alpha value is -3.08. The molecule has 0 saturated heterocycles. The molecule has 0 fully saturated rings. The van der Waals surface area contributed by atoms with Crippen molar-refractivity contribution in [2.75, 3.05) is 5.32 Å². The molecule has 4 rings (SSSR count). The highest BCUT2D eigenvalue weighted by molar-refractivity contribution is 5.93. The number of anilines is 1.